The van der Waals surface area contributed by atoms with Gasteiger partial charge in [-0.05, 0) is 43.4 Å². The Balaban J connectivity index is 1.81. The van der Waals surface area contributed by atoms with Gasteiger partial charge in [-0.3, -0.25) is 4.79 Å². The van der Waals surface area contributed by atoms with Gasteiger partial charge in [-0.15, -0.1) is 0 Å². The fraction of sp³-hybridized carbons (Fsp3) is 0.611. The normalized spacial score (nSPS) is 23.0. The maximum atomic E-state index is 13.1. The zero-order valence-electron chi connectivity index (χ0n) is 13.2. The minimum absolute atomic E-state index is 0.0433. The molecule has 3 unspecified atom stereocenters. The number of hydrogen-bond acceptors (Lipinski definition) is 2. The molecule has 1 aromatic rings. The van der Waals surface area contributed by atoms with Crippen LogP contribution >= 0.6 is 0 Å². The molecule has 1 saturated carbocycles. The van der Waals surface area contributed by atoms with Crippen LogP contribution in [-0.4, -0.2) is 23.7 Å². The van der Waals surface area contributed by atoms with Crippen molar-refractivity contribution in [1.82, 2.24) is 5.32 Å². The minimum atomic E-state index is -0.234. The number of benzene rings is 1. The molecule has 0 radical (unpaired) electrons. The van der Waals surface area contributed by atoms with Crippen molar-refractivity contribution in [2.24, 2.45) is 11.8 Å². The van der Waals surface area contributed by atoms with Gasteiger partial charge in [0, 0.05) is 24.5 Å². The smallest absolute Gasteiger partial charge is 0.223 e. The van der Waals surface area contributed by atoms with Gasteiger partial charge in [-0.1, -0.05) is 31.9 Å². The zero-order valence-corrected chi connectivity index (χ0v) is 13.2. The van der Waals surface area contributed by atoms with E-state index in [0.717, 1.165) is 31.2 Å². The van der Waals surface area contributed by atoms with Gasteiger partial charge in [0.15, 0.2) is 0 Å². The molecule has 3 nitrogen and oxygen atoms in total. The molecule has 1 aliphatic carbocycles. The van der Waals surface area contributed by atoms with E-state index in [0.29, 0.717) is 12.8 Å². The van der Waals surface area contributed by atoms with Gasteiger partial charge < -0.3 is 10.4 Å². The van der Waals surface area contributed by atoms with Crippen molar-refractivity contribution in [2.45, 2.75) is 51.5 Å². The molecule has 122 valence electrons. The van der Waals surface area contributed by atoms with Gasteiger partial charge in [0.2, 0.25) is 5.91 Å². The number of halogens is 1. The van der Waals surface area contributed by atoms with Gasteiger partial charge in [0.05, 0.1) is 0 Å². The van der Waals surface area contributed by atoms with E-state index in [9.17, 15) is 14.3 Å². The summed E-state index contributed by atoms with van der Waals surface area (Å²) in [5, 5.41) is 12.5. The molecule has 22 heavy (non-hydrogen) atoms. The number of nitrogens with one attached hydrogen (secondary N) is 1. The van der Waals surface area contributed by atoms with E-state index in [1.807, 2.05) is 13.0 Å². The number of carbonyl (C=O) groups is 1. The SMILES string of the molecule is CC(CCc1cccc(F)c1)C(=O)NC1CCCCC1CO. The van der Waals surface area contributed by atoms with Crippen molar-refractivity contribution in [1.29, 1.82) is 0 Å². The Hall–Kier alpha value is -1.42. The number of aryl methyl sites for hydroxylation is 1. The van der Waals surface area contributed by atoms with Crippen LogP contribution in [0.25, 0.3) is 0 Å². The van der Waals surface area contributed by atoms with Crippen molar-refractivity contribution in [3.8, 4) is 0 Å². The summed E-state index contributed by atoms with van der Waals surface area (Å²) in [6.45, 7) is 2.05. The van der Waals surface area contributed by atoms with Crippen LogP contribution < -0.4 is 5.32 Å². The van der Waals surface area contributed by atoms with E-state index in [1.54, 1.807) is 6.07 Å². The van der Waals surface area contributed by atoms with Crippen molar-refractivity contribution in [3.05, 3.63) is 35.6 Å². The molecule has 2 N–H and O–H groups in total. The second kappa shape index (κ2) is 8.28. The predicted molar refractivity (Wildman–Crippen MR) is 84.9 cm³/mol. The summed E-state index contributed by atoms with van der Waals surface area (Å²) in [6.07, 6.45) is 5.57. The predicted octanol–water partition coefficient (Wildman–Crippen LogP) is 3.06. The molecule has 1 aromatic carbocycles. The monoisotopic (exact) mass is 307 g/mol. The Morgan fingerprint density at radius 1 is 1.41 bits per heavy atom. The summed E-state index contributed by atoms with van der Waals surface area (Å²) in [5.74, 6) is -0.109. The fourth-order valence-electron chi connectivity index (χ4n) is 3.15. The molecular formula is C18H26FNO2. The third kappa shape index (κ3) is 4.80. The molecule has 0 aliphatic heterocycles. The molecule has 0 spiro atoms. The van der Waals surface area contributed by atoms with E-state index in [1.165, 1.54) is 12.1 Å². The average molecular weight is 307 g/mol. The second-order valence-electron chi connectivity index (χ2n) is 6.41. The lowest BCUT2D eigenvalue weighted by Gasteiger charge is -2.31. The number of hydrogen-bond donors (Lipinski definition) is 2. The quantitative estimate of drug-likeness (QED) is 0.848. The van der Waals surface area contributed by atoms with Crippen LogP contribution in [-0.2, 0) is 11.2 Å². The first kappa shape index (κ1) is 16.9. The van der Waals surface area contributed by atoms with Crippen molar-refractivity contribution in [2.75, 3.05) is 6.61 Å². The van der Waals surface area contributed by atoms with Crippen molar-refractivity contribution < 1.29 is 14.3 Å². The van der Waals surface area contributed by atoms with Gasteiger partial charge in [0.1, 0.15) is 5.82 Å². The van der Waals surface area contributed by atoms with Gasteiger partial charge >= 0.3 is 0 Å². The number of aliphatic hydroxyl groups is 1. The first-order valence-corrected chi connectivity index (χ1v) is 8.26. The summed E-state index contributed by atoms with van der Waals surface area (Å²) in [4.78, 5) is 12.3. The Morgan fingerprint density at radius 2 is 2.18 bits per heavy atom. The van der Waals surface area contributed by atoms with E-state index in [4.69, 9.17) is 0 Å². The van der Waals surface area contributed by atoms with Crippen LogP contribution in [0.1, 0.15) is 44.6 Å². The number of rotatable bonds is 6. The second-order valence-corrected chi connectivity index (χ2v) is 6.41. The standard InChI is InChI=1S/C18H26FNO2/c1-13(9-10-14-5-4-7-16(19)11-14)18(22)20-17-8-3-2-6-15(17)12-21/h4-5,7,11,13,15,17,21H,2-3,6,8-10,12H2,1H3,(H,20,22). The van der Waals surface area contributed by atoms with E-state index in [-0.39, 0.29) is 36.2 Å². The molecule has 1 fully saturated rings. The first-order valence-electron chi connectivity index (χ1n) is 8.26. The van der Waals surface area contributed by atoms with E-state index < -0.39 is 0 Å². The highest BCUT2D eigenvalue weighted by molar-refractivity contribution is 5.78. The number of carbonyl (C=O) groups excluding carboxylic acids is 1. The summed E-state index contributed by atoms with van der Waals surface area (Å²) < 4.78 is 13.1. The maximum Gasteiger partial charge on any atom is 0.223 e. The van der Waals surface area contributed by atoms with E-state index in [2.05, 4.69) is 5.32 Å². The van der Waals surface area contributed by atoms with Crippen LogP contribution in [0.4, 0.5) is 4.39 Å². The Labute approximate surface area is 131 Å². The summed E-state index contributed by atoms with van der Waals surface area (Å²) >= 11 is 0. The molecule has 1 aliphatic rings. The van der Waals surface area contributed by atoms with Crippen LogP contribution in [0.15, 0.2) is 24.3 Å². The van der Waals surface area contributed by atoms with Crippen molar-refractivity contribution >= 4 is 5.91 Å². The molecule has 2 rings (SSSR count). The lowest BCUT2D eigenvalue weighted by molar-refractivity contribution is -0.126. The summed E-state index contributed by atoms with van der Waals surface area (Å²) in [6, 6.07) is 6.63. The van der Waals surface area contributed by atoms with Crippen LogP contribution in [0.5, 0.6) is 0 Å². The Morgan fingerprint density at radius 3 is 2.91 bits per heavy atom. The highest BCUT2D eigenvalue weighted by Gasteiger charge is 2.27. The molecular weight excluding hydrogens is 281 g/mol. The number of aliphatic hydroxyl groups excluding tert-OH is 1. The molecule has 4 heteroatoms. The summed E-state index contributed by atoms with van der Waals surface area (Å²) in [5.41, 5.74) is 0.922. The van der Waals surface area contributed by atoms with Crippen molar-refractivity contribution in [3.63, 3.8) is 0 Å². The Kier molecular flexibility index (Phi) is 6.37. The molecule has 0 heterocycles. The van der Waals surface area contributed by atoms with Crippen LogP contribution in [0.3, 0.4) is 0 Å². The molecule has 1 amide bonds. The third-order valence-electron chi connectivity index (χ3n) is 4.67. The lowest BCUT2D eigenvalue weighted by Crippen LogP contribution is -2.45. The molecule has 3 atom stereocenters. The topological polar surface area (TPSA) is 49.3 Å². The van der Waals surface area contributed by atoms with E-state index >= 15 is 0 Å². The Bertz CT molecular complexity index is 492. The minimum Gasteiger partial charge on any atom is -0.396 e. The van der Waals surface area contributed by atoms with Gasteiger partial charge in [-0.25, -0.2) is 4.39 Å². The lowest BCUT2D eigenvalue weighted by atomic mass is 9.84. The van der Waals surface area contributed by atoms with Gasteiger partial charge in [0.25, 0.3) is 0 Å². The zero-order chi connectivity index (χ0) is 15.9. The third-order valence-corrected chi connectivity index (χ3v) is 4.67. The number of amides is 1. The highest BCUT2D eigenvalue weighted by Crippen LogP contribution is 2.24. The molecule has 0 saturated heterocycles. The summed E-state index contributed by atoms with van der Waals surface area (Å²) in [7, 11) is 0. The fourth-order valence-corrected chi connectivity index (χ4v) is 3.15. The average Bonchev–Trinajstić information content (AvgIpc) is 2.53. The first-order chi connectivity index (χ1) is 10.6. The molecule has 0 bridgehead atoms. The highest BCUT2D eigenvalue weighted by atomic mass is 19.1. The van der Waals surface area contributed by atoms with Crippen LogP contribution in [0, 0.1) is 17.7 Å². The van der Waals surface area contributed by atoms with Crippen LogP contribution in [0.2, 0.25) is 0 Å². The van der Waals surface area contributed by atoms with Gasteiger partial charge in [-0.2, -0.15) is 0 Å². The maximum absolute atomic E-state index is 13.1. The largest absolute Gasteiger partial charge is 0.396 e. The molecule has 0 aromatic heterocycles.